The monoisotopic (exact) mass is 625 g/mol. The predicted octanol–water partition coefficient (Wildman–Crippen LogP) is 6.49. The van der Waals surface area contributed by atoms with Crippen molar-refractivity contribution in [2.75, 3.05) is 6.61 Å². The minimum absolute atomic E-state index is 0.00538. The lowest BCUT2D eigenvalue weighted by atomic mass is 10.1. The van der Waals surface area contributed by atoms with Crippen LogP contribution in [0.25, 0.3) is 0 Å². The third kappa shape index (κ3) is 8.42. The topological polar surface area (TPSA) is 117 Å². The Morgan fingerprint density at radius 3 is 1.76 bits per heavy atom. The molecule has 9 nitrogen and oxygen atoms in total. The molecule has 0 radical (unpaired) electrons. The maximum absolute atomic E-state index is 7.20. The SMILES string of the molecule is C=C1N=C(N=C(N)N)C=CN1[C@@H]1O[C@H](CO[Si](C)(C)C(C)(C)C)[C@H](O[Si](C)(C)C(C)(C)C)C1O[Si](C)(C)C(C)(C)C. The lowest BCUT2D eigenvalue weighted by molar-refractivity contribution is -0.0654. The first-order valence-corrected chi connectivity index (χ1v) is 23.4. The van der Waals surface area contributed by atoms with Crippen LogP contribution in [0.2, 0.25) is 54.4 Å². The van der Waals surface area contributed by atoms with E-state index in [9.17, 15) is 0 Å². The van der Waals surface area contributed by atoms with E-state index in [1.165, 1.54) is 0 Å². The molecule has 0 saturated carbocycles. The molecule has 4 N–H and O–H groups in total. The quantitative estimate of drug-likeness (QED) is 0.180. The van der Waals surface area contributed by atoms with Crippen LogP contribution in [0.1, 0.15) is 62.3 Å². The van der Waals surface area contributed by atoms with Gasteiger partial charge in [-0.25, -0.2) is 4.99 Å². The summed E-state index contributed by atoms with van der Waals surface area (Å²) in [5.41, 5.74) is 11.2. The van der Waals surface area contributed by atoms with Crippen LogP contribution in [-0.4, -0.2) is 72.8 Å². The van der Waals surface area contributed by atoms with E-state index in [0.717, 1.165) is 0 Å². The van der Waals surface area contributed by atoms with Gasteiger partial charge in [0.1, 0.15) is 24.1 Å². The number of nitrogens with zero attached hydrogens (tertiary/aromatic N) is 3. The molecular weight excluding hydrogens is 567 g/mol. The second-order valence-electron chi connectivity index (χ2n) is 16.0. The van der Waals surface area contributed by atoms with Gasteiger partial charge in [0, 0.05) is 6.20 Å². The maximum Gasteiger partial charge on any atom is 0.192 e. The van der Waals surface area contributed by atoms with E-state index in [-0.39, 0.29) is 39.4 Å². The summed E-state index contributed by atoms with van der Waals surface area (Å²) < 4.78 is 28.0. The maximum atomic E-state index is 7.20. The van der Waals surface area contributed by atoms with Crippen molar-refractivity contribution in [3.05, 3.63) is 24.7 Å². The minimum atomic E-state index is -2.26. The van der Waals surface area contributed by atoms with Crippen molar-refractivity contribution in [1.82, 2.24) is 4.90 Å². The molecule has 0 spiro atoms. The highest BCUT2D eigenvalue weighted by Crippen LogP contribution is 2.45. The number of nitrogens with two attached hydrogens (primary N) is 2. The second-order valence-corrected chi connectivity index (χ2v) is 30.3. The van der Waals surface area contributed by atoms with Gasteiger partial charge in [-0.2, -0.15) is 4.99 Å². The first kappa shape index (κ1) is 35.9. The molecule has 2 aliphatic heterocycles. The number of ether oxygens (including phenoxy) is 1. The fraction of sp³-hybridized carbons (Fsp3) is 0.793. The number of guanidine groups is 1. The zero-order valence-corrected chi connectivity index (χ0v) is 31.5. The average Bonchev–Trinajstić information content (AvgIpc) is 3.05. The molecule has 2 aliphatic rings. The first-order valence-electron chi connectivity index (χ1n) is 14.7. The molecule has 41 heavy (non-hydrogen) atoms. The van der Waals surface area contributed by atoms with Crippen molar-refractivity contribution in [3.63, 3.8) is 0 Å². The van der Waals surface area contributed by atoms with Crippen LogP contribution in [0.15, 0.2) is 34.7 Å². The van der Waals surface area contributed by atoms with Gasteiger partial charge in [0.05, 0.1) is 6.61 Å². The molecule has 0 aliphatic carbocycles. The Bertz CT molecular complexity index is 1050. The van der Waals surface area contributed by atoms with Crippen LogP contribution in [-0.2, 0) is 18.0 Å². The smallest absolute Gasteiger partial charge is 0.192 e. The van der Waals surface area contributed by atoms with E-state index in [0.29, 0.717) is 18.3 Å². The molecule has 1 fully saturated rings. The van der Waals surface area contributed by atoms with Crippen molar-refractivity contribution in [3.8, 4) is 0 Å². The van der Waals surface area contributed by atoms with Gasteiger partial charge in [-0.05, 0) is 60.5 Å². The lowest BCUT2D eigenvalue weighted by Gasteiger charge is -2.45. The Kier molecular flexibility index (Phi) is 10.5. The lowest BCUT2D eigenvalue weighted by Crippen LogP contribution is -2.56. The van der Waals surface area contributed by atoms with E-state index in [4.69, 9.17) is 29.5 Å². The Balaban J connectivity index is 2.61. The fourth-order valence-corrected chi connectivity index (χ4v) is 7.38. The van der Waals surface area contributed by atoms with Crippen molar-refractivity contribution in [2.24, 2.45) is 21.5 Å². The van der Waals surface area contributed by atoms with Gasteiger partial charge in [0.2, 0.25) is 0 Å². The summed E-state index contributed by atoms with van der Waals surface area (Å²) in [5, 5.41) is 0.0614. The molecule has 1 unspecified atom stereocenters. The highest BCUT2D eigenvalue weighted by Gasteiger charge is 2.56. The van der Waals surface area contributed by atoms with E-state index in [1.54, 1.807) is 6.08 Å². The van der Waals surface area contributed by atoms with Crippen LogP contribution in [0.3, 0.4) is 0 Å². The van der Waals surface area contributed by atoms with Crippen LogP contribution in [0.4, 0.5) is 0 Å². The van der Waals surface area contributed by atoms with Crippen molar-refractivity contribution in [2.45, 2.75) is 141 Å². The van der Waals surface area contributed by atoms with Crippen molar-refractivity contribution < 1.29 is 18.0 Å². The zero-order valence-electron chi connectivity index (χ0n) is 28.5. The Morgan fingerprint density at radius 1 is 0.878 bits per heavy atom. The molecule has 0 amide bonds. The van der Waals surface area contributed by atoms with Crippen LogP contribution >= 0.6 is 0 Å². The number of rotatable bonds is 8. The van der Waals surface area contributed by atoms with Gasteiger partial charge in [-0.15, -0.1) is 0 Å². The average molecular weight is 626 g/mol. The molecule has 0 aromatic rings. The molecule has 0 bridgehead atoms. The molecule has 0 aromatic heterocycles. The van der Waals surface area contributed by atoms with Gasteiger partial charge in [0.15, 0.2) is 43.0 Å². The van der Waals surface area contributed by atoms with Crippen LogP contribution in [0, 0.1) is 0 Å². The normalized spacial score (nSPS) is 25.0. The number of hydrogen-bond acceptors (Lipinski definition) is 7. The molecule has 2 heterocycles. The second kappa shape index (κ2) is 12.0. The highest BCUT2D eigenvalue weighted by atomic mass is 28.4. The predicted molar refractivity (Wildman–Crippen MR) is 179 cm³/mol. The van der Waals surface area contributed by atoms with E-state index >= 15 is 0 Å². The minimum Gasteiger partial charge on any atom is -0.414 e. The van der Waals surface area contributed by atoms with Gasteiger partial charge in [0.25, 0.3) is 0 Å². The number of amidine groups is 1. The summed E-state index contributed by atoms with van der Waals surface area (Å²) in [7, 11) is -6.55. The van der Waals surface area contributed by atoms with E-state index in [2.05, 4.69) is 118 Å². The van der Waals surface area contributed by atoms with Crippen molar-refractivity contribution in [1.29, 1.82) is 0 Å². The van der Waals surface area contributed by atoms with Gasteiger partial charge in [-0.3, -0.25) is 0 Å². The molecule has 12 heteroatoms. The van der Waals surface area contributed by atoms with Gasteiger partial charge >= 0.3 is 0 Å². The Hall–Kier alpha value is -1.29. The standard InChI is InChI=1S/C29H59N5O4Si3/c1-20-32-22(33-26(30)31)17-18-34(20)25-24(38-41(15,16)29(8,9)10)23(37-40(13,14)28(5,6)7)21(36-25)19-35-39(11,12)27(2,3)4/h17-18,21,23-25H,1,19H2,2-16H3,(H4,30,31,32,33)/t21-,23+,24?,25-/m1/s1. The van der Waals surface area contributed by atoms with Gasteiger partial charge < -0.3 is 34.4 Å². The summed E-state index contributed by atoms with van der Waals surface area (Å²) >= 11 is 0. The highest BCUT2D eigenvalue weighted by molar-refractivity contribution is 6.75. The summed E-state index contributed by atoms with van der Waals surface area (Å²) in [5.74, 6) is 0.799. The molecule has 0 aromatic carbocycles. The summed E-state index contributed by atoms with van der Waals surface area (Å²) in [6.45, 7) is 38.5. The summed E-state index contributed by atoms with van der Waals surface area (Å²) in [6, 6.07) is 0. The van der Waals surface area contributed by atoms with Crippen LogP contribution in [0.5, 0.6) is 0 Å². The summed E-state index contributed by atoms with van der Waals surface area (Å²) in [6.07, 6.45) is 2.06. The Labute approximate surface area is 253 Å². The van der Waals surface area contributed by atoms with Gasteiger partial charge in [-0.1, -0.05) is 68.9 Å². The zero-order chi connectivity index (χ0) is 32.0. The summed E-state index contributed by atoms with van der Waals surface area (Å²) in [4.78, 5) is 10.5. The van der Waals surface area contributed by atoms with E-state index in [1.807, 2.05) is 11.1 Å². The third-order valence-electron chi connectivity index (χ3n) is 9.62. The first-order chi connectivity index (χ1) is 18.2. The molecule has 4 atom stereocenters. The largest absolute Gasteiger partial charge is 0.414 e. The third-order valence-corrected chi connectivity index (χ3v) is 23.1. The molecule has 236 valence electrons. The van der Waals surface area contributed by atoms with Crippen LogP contribution < -0.4 is 11.5 Å². The Morgan fingerprint density at radius 2 is 1.34 bits per heavy atom. The van der Waals surface area contributed by atoms with Crippen molar-refractivity contribution >= 4 is 36.7 Å². The fourth-order valence-electron chi connectivity index (χ4n) is 3.76. The number of aliphatic imine (C=N–C) groups is 2. The molecular formula is C29H59N5O4Si3. The molecule has 1 saturated heterocycles. The number of hydrogen-bond donors (Lipinski definition) is 2. The molecule has 2 rings (SSSR count). The van der Waals surface area contributed by atoms with E-state index < -0.39 is 31.2 Å².